The smallest absolute Gasteiger partial charge is 0.309 e. The first-order valence-electron chi connectivity index (χ1n) is 8.84. The SMILES string of the molecule is CCOC(=O)C1CCN(C(=O)c2cc(NC(=O)c3ccco3)n(C)n2)CC1. The predicted octanol–water partition coefficient (Wildman–Crippen LogP) is 1.68. The molecule has 144 valence electrons. The summed E-state index contributed by atoms with van der Waals surface area (Å²) >= 11 is 0. The van der Waals surface area contributed by atoms with Crippen LogP contribution in [0.15, 0.2) is 28.9 Å². The molecule has 0 unspecified atom stereocenters. The largest absolute Gasteiger partial charge is 0.466 e. The lowest BCUT2D eigenvalue weighted by molar-refractivity contribution is -0.149. The van der Waals surface area contributed by atoms with Crippen LogP contribution in [0.5, 0.6) is 0 Å². The molecule has 9 heteroatoms. The Morgan fingerprint density at radius 3 is 2.70 bits per heavy atom. The molecule has 1 aliphatic rings. The lowest BCUT2D eigenvalue weighted by Gasteiger charge is -2.30. The summed E-state index contributed by atoms with van der Waals surface area (Å²) in [6, 6.07) is 4.69. The van der Waals surface area contributed by atoms with E-state index in [4.69, 9.17) is 9.15 Å². The second-order valence-electron chi connectivity index (χ2n) is 6.29. The number of nitrogens with zero attached hydrogens (tertiary/aromatic N) is 3. The average Bonchev–Trinajstić information content (AvgIpc) is 3.32. The Kier molecular flexibility index (Phi) is 5.58. The van der Waals surface area contributed by atoms with Crippen molar-refractivity contribution in [1.29, 1.82) is 0 Å². The minimum Gasteiger partial charge on any atom is -0.466 e. The third-order valence-corrected chi connectivity index (χ3v) is 4.49. The van der Waals surface area contributed by atoms with Crippen molar-refractivity contribution in [2.75, 3.05) is 25.0 Å². The summed E-state index contributed by atoms with van der Waals surface area (Å²) in [7, 11) is 1.64. The van der Waals surface area contributed by atoms with Gasteiger partial charge in [-0.2, -0.15) is 5.10 Å². The summed E-state index contributed by atoms with van der Waals surface area (Å²) in [5, 5.41) is 6.85. The molecule has 2 aromatic heterocycles. The molecule has 0 radical (unpaired) electrons. The molecule has 27 heavy (non-hydrogen) atoms. The molecule has 3 rings (SSSR count). The van der Waals surface area contributed by atoms with Crippen LogP contribution in [0.4, 0.5) is 5.82 Å². The lowest BCUT2D eigenvalue weighted by atomic mass is 9.97. The van der Waals surface area contributed by atoms with Crippen molar-refractivity contribution in [2.45, 2.75) is 19.8 Å². The summed E-state index contributed by atoms with van der Waals surface area (Å²) in [6.45, 7) is 3.07. The average molecular weight is 374 g/mol. The molecule has 1 N–H and O–H groups in total. The van der Waals surface area contributed by atoms with Crippen molar-refractivity contribution in [3.63, 3.8) is 0 Å². The summed E-state index contributed by atoms with van der Waals surface area (Å²) < 4.78 is 11.5. The van der Waals surface area contributed by atoms with Crippen LogP contribution in [-0.4, -0.2) is 52.2 Å². The number of amides is 2. The number of hydrogen-bond donors (Lipinski definition) is 1. The summed E-state index contributed by atoms with van der Waals surface area (Å²) in [6.07, 6.45) is 2.55. The molecule has 2 aromatic rings. The standard InChI is InChI=1S/C18H22N4O5/c1-3-26-18(25)12-6-8-22(9-7-12)17(24)13-11-15(21(2)20-13)19-16(23)14-5-4-10-27-14/h4-5,10-12H,3,6-9H2,1-2H3,(H,19,23). The number of aromatic nitrogens is 2. The fraction of sp³-hybridized carbons (Fsp3) is 0.444. The zero-order valence-electron chi connectivity index (χ0n) is 15.3. The Labute approximate surface area is 156 Å². The van der Waals surface area contributed by atoms with Crippen LogP contribution in [0.3, 0.4) is 0 Å². The Morgan fingerprint density at radius 2 is 2.07 bits per heavy atom. The van der Waals surface area contributed by atoms with Crippen molar-refractivity contribution in [3.8, 4) is 0 Å². The molecule has 9 nitrogen and oxygen atoms in total. The predicted molar refractivity (Wildman–Crippen MR) is 95.1 cm³/mol. The molecule has 2 amide bonds. The van der Waals surface area contributed by atoms with E-state index >= 15 is 0 Å². The summed E-state index contributed by atoms with van der Waals surface area (Å²) in [5.74, 6) is -0.457. The zero-order valence-corrected chi connectivity index (χ0v) is 15.3. The van der Waals surface area contributed by atoms with Gasteiger partial charge in [-0.05, 0) is 31.9 Å². The van der Waals surface area contributed by atoms with E-state index in [1.54, 1.807) is 31.0 Å². The van der Waals surface area contributed by atoms with Crippen molar-refractivity contribution >= 4 is 23.6 Å². The molecule has 1 saturated heterocycles. The second kappa shape index (κ2) is 8.07. The molecule has 0 spiro atoms. The molecule has 0 bridgehead atoms. The highest BCUT2D eigenvalue weighted by molar-refractivity contribution is 6.02. The number of carbonyl (C=O) groups excluding carboxylic acids is 3. The van der Waals surface area contributed by atoms with Gasteiger partial charge in [-0.15, -0.1) is 0 Å². The van der Waals surface area contributed by atoms with Gasteiger partial charge in [-0.25, -0.2) is 0 Å². The zero-order chi connectivity index (χ0) is 19.4. The van der Waals surface area contributed by atoms with E-state index in [0.29, 0.717) is 38.4 Å². The first-order valence-corrected chi connectivity index (χ1v) is 8.84. The minimum atomic E-state index is -0.419. The normalized spacial score (nSPS) is 14.8. The van der Waals surface area contributed by atoms with Crippen molar-refractivity contribution in [2.24, 2.45) is 13.0 Å². The van der Waals surface area contributed by atoms with E-state index in [0.717, 1.165) is 0 Å². The number of aryl methyl sites for hydroxylation is 1. The van der Waals surface area contributed by atoms with Crippen molar-refractivity contribution in [1.82, 2.24) is 14.7 Å². The number of carbonyl (C=O) groups is 3. The Bertz CT molecular complexity index is 819. The van der Waals surface area contributed by atoms with E-state index < -0.39 is 5.91 Å². The maximum atomic E-state index is 12.7. The number of furan rings is 1. The molecule has 3 heterocycles. The van der Waals surface area contributed by atoms with E-state index in [1.165, 1.54) is 17.0 Å². The summed E-state index contributed by atoms with van der Waals surface area (Å²) in [4.78, 5) is 38.2. The third kappa shape index (κ3) is 4.18. The number of anilines is 1. The highest BCUT2D eigenvalue weighted by Crippen LogP contribution is 2.21. The monoisotopic (exact) mass is 374 g/mol. The van der Waals surface area contributed by atoms with Gasteiger partial charge in [0.05, 0.1) is 18.8 Å². The van der Waals surface area contributed by atoms with E-state index in [1.807, 2.05) is 0 Å². The van der Waals surface area contributed by atoms with Crippen LogP contribution in [0.1, 0.15) is 40.8 Å². The number of ether oxygens (including phenoxy) is 1. The van der Waals surface area contributed by atoms with Crippen molar-refractivity contribution < 1.29 is 23.5 Å². The highest BCUT2D eigenvalue weighted by Gasteiger charge is 2.30. The topological polar surface area (TPSA) is 107 Å². The Balaban J connectivity index is 1.61. The molecule has 0 saturated carbocycles. The Hall–Kier alpha value is -3.10. The van der Waals surface area contributed by atoms with Gasteiger partial charge in [-0.3, -0.25) is 19.1 Å². The molecule has 0 atom stereocenters. The number of rotatable bonds is 5. The Morgan fingerprint density at radius 1 is 1.33 bits per heavy atom. The minimum absolute atomic E-state index is 0.166. The van der Waals surface area contributed by atoms with E-state index in [-0.39, 0.29) is 29.2 Å². The molecular formula is C18H22N4O5. The van der Waals surface area contributed by atoms with Crippen LogP contribution in [-0.2, 0) is 16.6 Å². The maximum absolute atomic E-state index is 12.7. The quantitative estimate of drug-likeness (QED) is 0.798. The lowest BCUT2D eigenvalue weighted by Crippen LogP contribution is -2.40. The van der Waals surface area contributed by atoms with Gasteiger partial charge in [0.15, 0.2) is 11.5 Å². The number of piperidine rings is 1. The third-order valence-electron chi connectivity index (χ3n) is 4.49. The van der Waals surface area contributed by atoms with Crippen LogP contribution >= 0.6 is 0 Å². The first-order chi connectivity index (χ1) is 13.0. The molecule has 1 aliphatic heterocycles. The van der Waals surface area contributed by atoms with Crippen LogP contribution in [0.25, 0.3) is 0 Å². The molecule has 0 aromatic carbocycles. The van der Waals surface area contributed by atoms with Gasteiger partial charge in [0, 0.05) is 26.2 Å². The molecule has 1 fully saturated rings. The maximum Gasteiger partial charge on any atom is 0.309 e. The molecular weight excluding hydrogens is 352 g/mol. The van der Waals surface area contributed by atoms with Crippen molar-refractivity contribution in [3.05, 3.63) is 35.9 Å². The molecule has 0 aliphatic carbocycles. The van der Waals surface area contributed by atoms with Crippen LogP contribution in [0.2, 0.25) is 0 Å². The number of hydrogen-bond acceptors (Lipinski definition) is 6. The second-order valence-corrected chi connectivity index (χ2v) is 6.29. The van der Waals surface area contributed by atoms with E-state index in [2.05, 4.69) is 10.4 Å². The van der Waals surface area contributed by atoms with Gasteiger partial charge in [0.2, 0.25) is 0 Å². The van der Waals surface area contributed by atoms with Gasteiger partial charge in [0.1, 0.15) is 5.82 Å². The summed E-state index contributed by atoms with van der Waals surface area (Å²) in [5.41, 5.74) is 0.238. The van der Waals surface area contributed by atoms with E-state index in [9.17, 15) is 14.4 Å². The van der Waals surface area contributed by atoms with Gasteiger partial charge in [-0.1, -0.05) is 0 Å². The number of esters is 1. The van der Waals surface area contributed by atoms with Crippen LogP contribution in [0, 0.1) is 5.92 Å². The first kappa shape index (κ1) is 18.7. The van der Waals surface area contributed by atoms with Gasteiger partial charge < -0.3 is 19.4 Å². The van der Waals surface area contributed by atoms with Gasteiger partial charge in [0.25, 0.3) is 11.8 Å². The fourth-order valence-corrected chi connectivity index (χ4v) is 3.01. The fourth-order valence-electron chi connectivity index (χ4n) is 3.01. The number of nitrogens with one attached hydrogen (secondary N) is 1. The van der Waals surface area contributed by atoms with Gasteiger partial charge >= 0.3 is 5.97 Å². The van der Waals surface area contributed by atoms with Crippen LogP contribution < -0.4 is 5.32 Å². The highest BCUT2D eigenvalue weighted by atomic mass is 16.5. The number of likely N-dealkylation sites (tertiary alicyclic amines) is 1.